The van der Waals surface area contributed by atoms with Crippen LogP contribution >= 0.6 is 0 Å². The molecule has 1 aliphatic rings. The summed E-state index contributed by atoms with van der Waals surface area (Å²) in [6.45, 7) is 4.75. The standard InChI is InChI=1S/C13H17N5/c1-2-11-10(4-3-6-15-11)9-18-13-5-7-14-8-12(13)16-17-18/h3-4,6,14H,2,5,7-9H2,1H3. The summed E-state index contributed by atoms with van der Waals surface area (Å²) in [4.78, 5) is 4.42. The molecule has 0 saturated heterocycles. The van der Waals surface area contributed by atoms with E-state index in [2.05, 4.69) is 33.6 Å². The number of hydrogen-bond acceptors (Lipinski definition) is 4. The van der Waals surface area contributed by atoms with Crippen LogP contribution in [0.4, 0.5) is 0 Å². The molecule has 3 rings (SSSR count). The lowest BCUT2D eigenvalue weighted by Crippen LogP contribution is -2.25. The molecule has 2 aromatic rings. The van der Waals surface area contributed by atoms with Crippen molar-refractivity contribution in [2.24, 2.45) is 0 Å². The summed E-state index contributed by atoms with van der Waals surface area (Å²) in [6.07, 6.45) is 3.81. The Balaban J connectivity index is 1.90. The van der Waals surface area contributed by atoms with Crippen LogP contribution in [0.15, 0.2) is 18.3 Å². The van der Waals surface area contributed by atoms with E-state index in [0.717, 1.165) is 43.9 Å². The Morgan fingerprint density at radius 2 is 2.39 bits per heavy atom. The Labute approximate surface area is 106 Å². The molecule has 3 heterocycles. The molecular formula is C13H17N5. The van der Waals surface area contributed by atoms with Crippen LogP contribution in [-0.2, 0) is 25.9 Å². The zero-order valence-electron chi connectivity index (χ0n) is 10.6. The molecule has 94 valence electrons. The minimum atomic E-state index is 0.777. The molecule has 5 heteroatoms. The van der Waals surface area contributed by atoms with Gasteiger partial charge in [-0.25, -0.2) is 4.68 Å². The van der Waals surface area contributed by atoms with E-state index in [1.165, 1.54) is 11.3 Å². The number of rotatable bonds is 3. The highest BCUT2D eigenvalue weighted by Gasteiger charge is 2.16. The van der Waals surface area contributed by atoms with Gasteiger partial charge < -0.3 is 5.32 Å². The van der Waals surface area contributed by atoms with Gasteiger partial charge in [0.1, 0.15) is 0 Å². The highest BCUT2D eigenvalue weighted by atomic mass is 15.4. The van der Waals surface area contributed by atoms with Crippen LogP contribution in [0.25, 0.3) is 0 Å². The Morgan fingerprint density at radius 3 is 3.28 bits per heavy atom. The van der Waals surface area contributed by atoms with E-state index in [0.29, 0.717) is 0 Å². The van der Waals surface area contributed by atoms with Crippen LogP contribution in [0.5, 0.6) is 0 Å². The first-order valence-corrected chi connectivity index (χ1v) is 6.43. The van der Waals surface area contributed by atoms with Gasteiger partial charge in [-0.05, 0) is 18.1 Å². The van der Waals surface area contributed by atoms with E-state index in [1.54, 1.807) is 0 Å². The van der Waals surface area contributed by atoms with Crippen molar-refractivity contribution in [1.29, 1.82) is 0 Å². The van der Waals surface area contributed by atoms with Crippen molar-refractivity contribution in [3.63, 3.8) is 0 Å². The van der Waals surface area contributed by atoms with Gasteiger partial charge in [-0.15, -0.1) is 5.10 Å². The number of hydrogen-bond donors (Lipinski definition) is 1. The first-order valence-electron chi connectivity index (χ1n) is 6.43. The second kappa shape index (κ2) is 4.86. The van der Waals surface area contributed by atoms with Gasteiger partial charge in [0.2, 0.25) is 0 Å². The lowest BCUT2D eigenvalue weighted by atomic mass is 10.1. The van der Waals surface area contributed by atoms with Gasteiger partial charge in [0.15, 0.2) is 0 Å². The molecule has 0 aliphatic carbocycles. The lowest BCUT2D eigenvalue weighted by molar-refractivity contribution is 0.579. The second-order valence-corrected chi connectivity index (χ2v) is 4.53. The Morgan fingerprint density at radius 1 is 1.44 bits per heavy atom. The normalized spacial score (nSPS) is 14.5. The first kappa shape index (κ1) is 11.3. The fraction of sp³-hybridized carbons (Fsp3) is 0.462. The summed E-state index contributed by atoms with van der Waals surface area (Å²) in [5.41, 5.74) is 4.74. The van der Waals surface area contributed by atoms with Crippen LogP contribution in [-0.4, -0.2) is 26.5 Å². The van der Waals surface area contributed by atoms with Crippen molar-refractivity contribution >= 4 is 0 Å². The first-order chi connectivity index (χ1) is 8.88. The zero-order valence-corrected chi connectivity index (χ0v) is 10.6. The monoisotopic (exact) mass is 243 g/mol. The molecule has 5 nitrogen and oxygen atoms in total. The van der Waals surface area contributed by atoms with Gasteiger partial charge in [0, 0.05) is 31.4 Å². The van der Waals surface area contributed by atoms with Crippen molar-refractivity contribution < 1.29 is 0 Å². The minimum absolute atomic E-state index is 0.777. The van der Waals surface area contributed by atoms with Gasteiger partial charge in [-0.1, -0.05) is 18.2 Å². The predicted octanol–water partition coefficient (Wildman–Crippen LogP) is 0.929. The molecule has 0 spiro atoms. The smallest absolute Gasteiger partial charge is 0.0997 e. The third-order valence-electron chi connectivity index (χ3n) is 3.39. The average molecular weight is 243 g/mol. The Bertz CT molecular complexity index is 546. The average Bonchev–Trinajstić information content (AvgIpc) is 2.83. The number of fused-ring (bicyclic) bond motifs is 1. The molecule has 0 bridgehead atoms. The molecule has 0 saturated carbocycles. The molecular weight excluding hydrogens is 226 g/mol. The summed E-state index contributed by atoms with van der Waals surface area (Å²) < 4.78 is 2.02. The largest absolute Gasteiger partial charge is 0.311 e. The molecule has 0 amide bonds. The van der Waals surface area contributed by atoms with E-state index < -0.39 is 0 Å². The number of aryl methyl sites for hydroxylation is 1. The Hall–Kier alpha value is -1.75. The molecule has 18 heavy (non-hydrogen) atoms. The maximum absolute atomic E-state index is 4.42. The van der Waals surface area contributed by atoms with Crippen molar-refractivity contribution in [1.82, 2.24) is 25.3 Å². The fourth-order valence-electron chi connectivity index (χ4n) is 2.41. The lowest BCUT2D eigenvalue weighted by Gasteiger charge is -2.14. The maximum Gasteiger partial charge on any atom is 0.0997 e. The summed E-state index contributed by atoms with van der Waals surface area (Å²) in [5, 5.41) is 11.8. The molecule has 1 N–H and O–H groups in total. The number of aromatic nitrogens is 4. The van der Waals surface area contributed by atoms with Gasteiger partial charge in [0.25, 0.3) is 0 Å². The fourth-order valence-corrected chi connectivity index (χ4v) is 2.41. The molecule has 0 fully saturated rings. The summed E-state index contributed by atoms with van der Waals surface area (Å²) in [6, 6.07) is 4.11. The van der Waals surface area contributed by atoms with E-state index in [-0.39, 0.29) is 0 Å². The van der Waals surface area contributed by atoms with Crippen molar-refractivity contribution in [2.45, 2.75) is 32.9 Å². The van der Waals surface area contributed by atoms with Crippen molar-refractivity contribution in [2.75, 3.05) is 6.54 Å². The third-order valence-corrected chi connectivity index (χ3v) is 3.39. The Kier molecular flexibility index (Phi) is 3.06. The number of pyridine rings is 1. The molecule has 0 radical (unpaired) electrons. The highest BCUT2D eigenvalue weighted by molar-refractivity contribution is 5.22. The van der Waals surface area contributed by atoms with Gasteiger partial charge in [-0.3, -0.25) is 4.98 Å². The molecule has 0 aromatic carbocycles. The molecule has 1 aliphatic heterocycles. The van der Waals surface area contributed by atoms with E-state index in [9.17, 15) is 0 Å². The summed E-state index contributed by atoms with van der Waals surface area (Å²) in [5.74, 6) is 0. The highest BCUT2D eigenvalue weighted by Crippen LogP contribution is 2.14. The van der Waals surface area contributed by atoms with Crippen LogP contribution in [0.3, 0.4) is 0 Å². The minimum Gasteiger partial charge on any atom is -0.311 e. The molecule has 0 unspecified atom stereocenters. The topological polar surface area (TPSA) is 55.6 Å². The van der Waals surface area contributed by atoms with Gasteiger partial charge >= 0.3 is 0 Å². The van der Waals surface area contributed by atoms with E-state index in [1.807, 2.05) is 16.9 Å². The molecule has 2 aromatic heterocycles. The van der Waals surface area contributed by atoms with Gasteiger partial charge in [-0.2, -0.15) is 0 Å². The van der Waals surface area contributed by atoms with Crippen LogP contribution in [0.2, 0.25) is 0 Å². The molecule has 0 atom stereocenters. The van der Waals surface area contributed by atoms with Crippen LogP contribution < -0.4 is 5.32 Å². The zero-order chi connectivity index (χ0) is 12.4. The van der Waals surface area contributed by atoms with Gasteiger partial charge in [0.05, 0.1) is 17.9 Å². The maximum atomic E-state index is 4.42. The van der Waals surface area contributed by atoms with Crippen LogP contribution in [0.1, 0.15) is 29.6 Å². The number of nitrogens with zero attached hydrogens (tertiary/aromatic N) is 4. The summed E-state index contributed by atoms with van der Waals surface area (Å²) >= 11 is 0. The van der Waals surface area contributed by atoms with Crippen molar-refractivity contribution in [3.8, 4) is 0 Å². The quantitative estimate of drug-likeness (QED) is 0.871. The van der Waals surface area contributed by atoms with E-state index in [4.69, 9.17) is 0 Å². The van der Waals surface area contributed by atoms with E-state index >= 15 is 0 Å². The number of nitrogens with one attached hydrogen (secondary N) is 1. The second-order valence-electron chi connectivity index (χ2n) is 4.53. The van der Waals surface area contributed by atoms with Crippen LogP contribution in [0, 0.1) is 0 Å². The summed E-state index contributed by atoms with van der Waals surface area (Å²) in [7, 11) is 0. The SMILES string of the molecule is CCc1ncccc1Cn1nnc2c1CCNC2. The van der Waals surface area contributed by atoms with Crippen molar-refractivity contribution in [3.05, 3.63) is 41.0 Å². The predicted molar refractivity (Wildman–Crippen MR) is 68.1 cm³/mol. The third kappa shape index (κ3) is 2.01.